The van der Waals surface area contributed by atoms with Crippen LogP contribution in [0.1, 0.15) is 0 Å². The molecule has 84 valence electrons. The van der Waals surface area contributed by atoms with Gasteiger partial charge < -0.3 is 5.73 Å². The van der Waals surface area contributed by atoms with Crippen molar-refractivity contribution in [3.05, 3.63) is 48.4 Å². The molecule has 17 heavy (non-hydrogen) atoms. The molecular formula is C13H9FN2S. The Hall–Kier alpha value is -1.94. The van der Waals surface area contributed by atoms with E-state index in [2.05, 4.69) is 4.98 Å². The fourth-order valence-corrected chi connectivity index (χ4v) is 2.61. The first kappa shape index (κ1) is 10.2. The number of halogens is 1. The Kier molecular flexibility index (Phi) is 2.30. The Morgan fingerprint density at radius 3 is 2.53 bits per heavy atom. The van der Waals surface area contributed by atoms with E-state index in [4.69, 9.17) is 5.73 Å². The van der Waals surface area contributed by atoms with Gasteiger partial charge in [-0.15, -0.1) is 0 Å². The Balaban J connectivity index is 2.34. The second-order valence-electron chi connectivity index (χ2n) is 3.70. The zero-order valence-corrected chi connectivity index (χ0v) is 9.67. The molecule has 0 amide bonds. The topological polar surface area (TPSA) is 38.9 Å². The van der Waals surface area contributed by atoms with Gasteiger partial charge in [-0.05, 0) is 17.5 Å². The quantitative estimate of drug-likeness (QED) is 0.709. The number of thiazole rings is 1. The number of benzene rings is 2. The molecule has 4 heteroatoms. The van der Waals surface area contributed by atoms with E-state index in [1.807, 2.05) is 18.2 Å². The lowest BCUT2D eigenvalue weighted by Gasteiger charge is -2.04. The van der Waals surface area contributed by atoms with Crippen LogP contribution in [-0.2, 0) is 0 Å². The third-order valence-corrected chi connectivity index (χ3v) is 3.52. The van der Waals surface area contributed by atoms with Crippen LogP contribution in [0.5, 0.6) is 0 Å². The van der Waals surface area contributed by atoms with Crippen LogP contribution in [0.3, 0.4) is 0 Å². The number of rotatable bonds is 1. The van der Waals surface area contributed by atoms with E-state index in [0.29, 0.717) is 10.5 Å². The molecule has 2 nitrogen and oxygen atoms in total. The first-order valence-corrected chi connectivity index (χ1v) is 5.96. The third-order valence-electron chi connectivity index (χ3n) is 2.66. The van der Waals surface area contributed by atoms with Crippen LogP contribution in [0.2, 0.25) is 0 Å². The van der Waals surface area contributed by atoms with Gasteiger partial charge in [-0.2, -0.15) is 0 Å². The minimum absolute atomic E-state index is 0.207. The van der Waals surface area contributed by atoms with Gasteiger partial charge in [-0.25, -0.2) is 9.37 Å². The molecule has 1 heterocycles. The predicted octanol–water partition coefficient (Wildman–Crippen LogP) is 3.68. The van der Waals surface area contributed by atoms with Crippen molar-refractivity contribution in [2.75, 3.05) is 5.73 Å². The fourth-order valence-electron chi connectivity index (χ4n) is 1.89. The van der Waals surface area contributed by atoms with Gasteiger partial charge in [0.15, 0.2) is 5.13 Å². The molecule has 0 aliphatic carbocycles. The molecule has 0 bridgehead atoms. The Labute approximate surface area is 102 Å². The van der Waals surface area contributed by atoms with Gasteiger partial charge in [0, 0.05) is 17.1 Å². The van der Waals surface area contributed by atoms with E-state index < -0.39 is 0 Å². The first-order chi connectivity index (χ1) is 8.25. The van der Waals surface area contributed by atoms with Crippen LogP contribution in [0, 0.1) is 5.82 Å². The fraction of sp³-hybridized carbons (Fsp3) is 0. The molecule has 0 saturated carbocycles. The van der Waals surface area contributed by atoms with Crippen molar-refractivity contribution in [3.8, 4) is 10.4 Å². The van der Waals surface area contributed by atoms with Crippen molar-refractivity contribution >= 4 is 27.2 Å². The molecular weight excluding hydrogens is 235 g/mol. The second kappa shape index (κ2) is 3.82. The number of fused-ring (bicyclic) bond motifs is 1. The Morgan fingerprint density at radius 2 is 1.82 bits per heavy atom. The second-order valence-corrected chi connectivity index (χ2v) is 4.77. The van der Waals surface area contributed by atoms with Gasteiger partial charge in [0.25, 0.3) is 0 Å². The summed E-state index contributed by atoms with van der Waals surface area (Å²) in [5.41, 5.74) is 6.59. The summed E-state index contributed by atoms with van der Waals surface area (Å²) < 4.78 is 13.7. The summed E-state index contributed by atoms with van der Waals surface area (Å²) >= 11 is 1.41. The minimum atomic E-state index is -0.207. The van der Waals surface area contributed by atoms with Crippen LogP contribution in [0.25, 0.3) is 21.2 Å². The number of anilines is 1. The molecule has 2 aromatic carbocycles. The highest BCUT2D eigenvalue weighted by molar-refractivity contribution is 7.18. The molecule has 0 radical (unpaired) electrons. The maximum absolute atomic E-state index is 13.7. The van der Waals surface area contributed by atoms with Crippen LogP contribution in [0.15, 0.2) is 42.6 Å². The Bertz CT molecular complexity index is 691. The third kappa shape index (κ3) is 1.66. The van der Waals surface area contributed by atoms with Gasteiger partial charge >= 0.3 is 0 Å². The molecule has 2 N–H and O–H groups in total. The van der Waals surface area contributed by atoms with Crippen molar-refractivity contribution in [2.45, 2.75) is 0 Å². The molecule has 3 aromatic rings. The van der Waals surface area contributed by atoms with E-state index in [0.717, 1.165) is 15.8 Å². The van der Waals surface area contributed by atoms with Gasteiger partial charge in [0.05, 0.1) is 4.88 Å². The van der Waals surface area contributed by atoms with E-state index >= 15 is 0 Å². The molecule has 0 aliphatic heterocycles. The summed E-state index contributed by atoms with van der Waals surface area (Å²) in [6.07, 6.45) is 1.72. The van der Waals surface area contributed by atoms with E-state index in [9.17, 15) is 4.39 Å². The average molecular weight is 244 g/mol. The smallest absolute Gasteiger partial charge is 0.180 e. The standard InChI is InChI=1S/C13H9FN2S/c14-11-6-5-10(12-7-16-13(15)17-12)8-3-1-2-4-9(8)11/h1-7H,(H2,15,16). The van der Waals surface area contributed by atoms with E-state index in [1.165, 1.54) is 17.4 Å². The van der Waals surface area contributed by atoms with Gasteiger partial charge in [-0.1, -0.05) is 35.6 Å². The number of hydrogen-bond acceptors (Lipinski definition) is 3. The van der Waals surface area contributed by atoms with E-state index in [-0.39, 0.29) is 5.82 Å². The zero-order chi connectivity index (χ0) is 11.8. The molecule has 3 rings (SSSR count). The SMILES string of the molecule is Nc1ncc(-c2ccc(F)c3ccccc23)s1. The summed E-state index contributed by atoms with van der Waals surface area (Å²) in [7, 11) is 0. The molecule has 0 unspecified atom stereocenters. The molecule has 0 spiro atoms. The van der Waals surface area contributed by atoms with Crippen LogP contribution in [0.4, 0.5) is 9.52 Å². The molecule has 0 fully saturated rings. The van der Waals surface area contributed by atoms with Gasteiger partial charge in [0.2, 0.25) is 0 Å². The van der Waals surface area contributed by atoms with Crippen molar-refractivity contribution in [3.63, 3.8) is 0 Å². The highest BCUT2D eigenvalue weighted by atomic mass is 32.1. The van der Waals surface area contributed by atoms with Crippen LogP contribution >= 0.6 is 11.3 Å². The van der Waals surface area contributed by atoms with Crippen molar-refractivity contribution in [1.29, 1.82) is 0 Å². The number of nitrogens with two attached hydrogens (primary N) is 1. The monoisotopic (exact) mass is 244 g/mol. The van der Waals surface area contributed by atoms with Crippen LogP contribution in [-0.4, -0.2) is 4.98 Å². The largest absolute Gasteiger partial charge is 0.375 e. The maximum Gasteiger partial charge on any atom is 0.180 e. The number of aromatic nitrogens is 1. The van der Waals surface area contributed by atoms with Gasteiger partial charge in [0.1, 0.15) is 5.82 Å². The predicted molar refractivity (Wildman–Crippen MR) is 69.4 cm³/mol. The molecule has 0 atom stereocenters. The highest BCUT2D eigenvalue weighted by Crippen LogP contribution is 2.34. The lowest BCUT2D eigenvalue weighted by molar-refractivity contribution is 0.640. The van der Waals surface area contributed by atoms with E-state index in [1.54, 1.807) is 18.3 Å². The van der Waals surface area contributed by atoms with Crippen molar-refractivity contribution in [2.24, 2.45) is 0 Å². The number of nitrogen functional groups attached to an aromatic ring is 1. The summed E-state index contributed by atoms with van der Waals surface area (Å²) in [6.45, 7) is 0. The summed E-state index contributed by atoms with van der Waals surface area (Å²) in [6, 6.07) is 10.7. The summed E-state index contributed by atoms with van der Waals surface area (Å²) in [4.78, 5) is 4.98. The summed E-state index contributed by atoms with van der Waals surface area (Å²) in [5, 5.41) is 2.03. The first-order valence-electron chi connectivity index (χ1n) is 5.14. The average Bonchev–Trinajstić information content (AvgIpc) is 2.77. The zero-order valence-electron chi connectivity index (χ0n) is 8.85. The molecule has 1 aromatic heterocycles. The lowest BCUT2D eigenvalue weighted by Crippen LogP contribution is -1.82. The minimum Gasteiger partial charge on any atom is -0.375 e. The number of nitrogens with zero attached hydrogens (tertiary/aromatic N) is 1. The van der Waals surface area contributed by atoms with Crippen molar-refractivity contribution in [1.82, 2.24) is 4.98 Å². The number of hydrogen-bond donors (Lipinski definition) is 1. The highest BCUT2D eigenvalue weighted by Gasteiger charge is 2.09. The summed E-state index contributed by atoms with van der Waals surface area (Å²) in [5.74, 6) is -0.207. The Morgan fingerprint density at radius 1 is 1.06 bits per heavy atom. The normalized spacial score (nSPS) is 10.9. The molecule has 0 saturated heterocycles. The van der Waals surface area contributed by atoms with Crippen molar-refractivity contribution < 1.29 is 4.39 Å². The maximum atomic E-state index is 13.7. The lowest BCUT2D eigenvalue weighted by atomic mass is 10.0. The van der Waals surface area contributed by atoms with Crippen LogP contribution < -0.4 is 5.73 Å². The molecule has 0 aliphatic rings. The van der Waals surface area contributed by atoms with Gasteiger partial charge in [-0.3, -0.25) is 0 Å².